The molecule has 0 atom stereocenters. The summed E-state index contributed by atoms with van der Waals surface area (Å²) in [4.78, 5) is 16.9. The van der Waals surface area contributed by atoms with Crippen molar-refractivity contribution in [2.24, 2.45) is 0 Å². The molecule has 0 unspecified atom stereocenters. The molecule has 0 saturated heterocycles. The summed E-state index contributed by atoms with van der Waals surface area (Å²) >= 11 is 0. The first-order valence-corrected chi connectivity index (χ1v) is 12.1. The lowest BCUT2D eigenvalue weighted by molar-refractivity contribution is -0.138. The van der Waals surface area contributed by atoms with Crippen LogP contribution in [0.4, 0.5) is 19.0 Å². The predicted octanol–water partition coefficient (Wildman–Crippen LogP) is 6.08. The van der Waals surface area contributed by atoms with Crippen LogP contribution in [0.15, 0.2) is 65.5 Å². The van der Waals surface area contributed by atoms with Crippen LogP contribution in [0.25, 0.3) is 11.3 Å². The Hall–Kier alpha value is -4.78. The van der Waals surface area contributed by atoms with Gasteiger partial charge in [-0.1, -0.05) is 12.1 Å². The van der Waals surface area contributed by atoms with Gasteiger partial charge in [0.25, 0.3) is 0 Å². The molecule has 1 aromatic heterocycles. The number of alkyl halides is 3. The first-order chi connectivity index (χ1) is 18.7. The molecule has 0 spiro atoms. The molecule has 39 heavy (non-hydrogen) atoms. The molecule has 5 rings (SSSR count). The SMILES string of the molecule is COc1ccc2c(c1)CCn1c-2cc(NCc2ccc(Oc3ccc(C)c(C(F)(F)F)c3)c(C#N)c2)nc1=O. The molecule has 0 fully saturated rings. The molecule has 1 N–H and O–H groups in total. The van der Waals surface area contributed by atoms with Crippen molar-refractivity contribution in [1.82, 2.24) is 9.55 Å². The van der Waals surface area contributed by atoms with Crippen LogP contribution < -0.4 is 20.5 Å². The summed E-state index contributed by atoms with van der Waals surface area (Å²) in [6, 6.07) is 18.0. The molecule has 198 valence electrons. The average Bonchev–Trinajstić information content (AvgIpc) is 2.92. The lowest BCUT2D eigenvalue weighted by Gasteiger charge is -2.22. The fourth-order valence-corrected chi connectivity index (χ4v) is 4.58. The predicted molar refractivity (Wildman–Crippen MR) is 139 cm³/mol. The van der Waals surface area contributed by atoms with E-state index in [-0.39, 0.29) is 34.9 Å². The van der Waals surface area contributed by atoms with Crippen molar-refractivity contribution in [3.63, 3.8) is 0 Å². The van der Waals surface area contributed by atoms with Gasteiger partial charge in [0, 0.05) is 24.7 Å². The van der Waals surface area contributed by atoms with E-state index in [1.54, 1.807) is 23.8 Å². The molecule has 7 nitrogen and oxygen atoms in total. The first kappa shape index (κ1) is 25.9. The fourth-order valence-electron chi connectivity index (χ4n) is 4.58. The van der Waals surface area contributed by atoms with E-state index in [0.29, 0.717) is 24.3 Å². The molecule has 0 bridgehead atoms. The van der Waals surface area contributed by atoms with Crippen LogP contribution >= 0.6 is 0 Å². The van der Waals surface area contributed by atoms with Gasteiger partial charge in [-0.2, -0.15) is 23.4 Å². The smallest absolute Gasteiger partial charge is 0.416 e. The van der Waals surface area contributed by atoms with Crippen molar-refractivity contribution in [1.29, 1.82) is 5.26 Å². The van der Waals surface area contributed by atoms with Crippen LogP contribution in [0, 0.1) is 18.3 Å². The van der Waals surface area contributed by atoms with Crippen LogP contribution in [0.2, 0.25) is 0 Å². The lowest BCUT2D eigenvalue weighted by Crippen LogP contribution is -2.29. The van der Waals surface area contributed by atoms with Crippen LogP contribution in [0.1, 0.15) is 27.8 Å². The summed E-state index contributed by atoms with van der Waals surface area (Å²) in [6.45, 7) is 2.14. The van der Waals surface area contributed by atoms with E-state index in [2.05, 4.69) is 10.3 Å². The van der Waals surface area contributed by atoms with Crippen LogP contribution in [0.5, 0.6) is 17.2 Å². The number of hydrogen-bond donors (Lipinski definition) is 1. The topological polar surface area (TPSA) is 89.2 Å². The number of fused-ring (bicyclic) bond motifs is 3. The summed E-state index contributed by atoms with van der Waals surface area (Å²) < 4.78 is 52.4. The molecule has 4 aromatic rings. The van der Waals surface area contributed by atoms with Gasteiger partial charge < -0.3 is 14.8 Å². The minimum atomic E-state index is -4.51. The third kappa shape index (κ3) is 5.29. The second-order valence-corrected chi connectivity index (χ2v) is 9.11. The number of anilines is 1. The number of aryl methyl sites for hydroxylation is 2. The van der Waals surface area contributed by atoms with Gasteiger partial charge in [0.1, 0.15) is 29.1 Å². The van der Waals surface area contributed by atoms with Crippen molar-refractivity contribution < 1.29 is 22.6 Å². The number of nitrogens with one attached hydrogen (secondary N) is 1. The summed E-state index contributed by atoms with van der Waals surface area (Å²) in [5.74, 6) is 1.25. The van der Waals surface area contributed by atoms with E-state index < -0.39 is 11.7 Å². The van der Waals surface area contributed by atoms with Crippen LogP contribution in [0.3, 0.4) is 0 Å². The van der Waals surface area contributed by atoms with Crippen molar-refractivity contribution >= 4 is 5.82 Å². The first-order valence-electron chi connectivity index (χ1n) is 12.1. The Bertz CT molecular complexity index is 1670. The lowest BCUT2D eigenvalue weighted by atomic mass is 9.97. The van der Waals surface area contributed by atoms with Gasteiger partial charge in [-0.25, -0.2) is 4.79 Å². The summed E-state index contributed by atoms with van der Waals surface area (Å²) in [5, 5.41) is 12.8. The number of ether oxygens (including phenoxy) is 2. The van der Waals surface area contributed by atoms with Gasteiger partial charge in [-0.05, 0) is 72.5 Å². The second kappa shape index (κ2) is 10.2. The second-order valence-electron chi connectivity index (χ2n) is 9.11. The third-order valence-corrected chi connectivity index (χ3v) is 6.58. The van der Waals surface area contributed by atoms with E-state index in [4.69, 9.17) is 9.47 Å². The van der Waals surface area contributed by atoms with Crippen molar-refractivity contribution in [3.05, 3.63) is 99.0 Å². The molecule has 2 heterocycles. The number of benzene rings is 3. The van der Waals surface area contributed by atoms with Crippen molar-refractivity contribution in [2.45, 2.75) is 32.6 Å². The van der Waals surface area contributed by atoms with Gasteiger partial charge >= 0.3 is 11.9 Å². The van der Waals surface area contributed by atoms with Gasteiger partial charge in [0.05, 0.1) is 23.9 Å². The number of rotatable bonds is 6. The Labute approximate surface area is 222 Å². The highest BCUT2D eigenvalue weighted by Gasteiger charge is 2.32. The maximum atomic E-state index is 13.3. The van der Waals surface area contributed by atoms with Crippen molar-refractivity contribution in [2.75, 3.05) is 12.4 Å². The maximum Gasteiger partial charge on any atom is 0.416 e. The zero-order chi connectivity index (χ0) is 27.7. The van der Waals surface area contributed by atoms with Crippen LogP contribution in [-0.4, -0.2) is 16.7 Å². The largest absolute Gasteiger partial charge is 0.497 e. The quantitative estimate of drug-likeness (QED) is 0.324. The summed E-state index contributed by atoms with van der Waals surface area (Å²) in [7, 11) is 1.61. The van der Waals surface area contributed by atoms with E-state index in [1.807, 2.05) is 30.3 Å². The number of halogens is 3. The Morgan fingerprint density at radius 1 is 1.08 bits per heavy atom. The molecule has 1 aliphatic rings. The minimum absolute atomic E-state index is 0.0214. The van der Waals surface area contributed by atoms with E-state index in [1.165, 1.54) is 25.1 Å². The maximum absolute atomic E-state index is 13.3. The standard InChI is InChI=1S/C29H23F3N4O3/c1-17-3-5-22(13-24(17)29(30,31)32)39-26-8-4-18(11-20(26)15-33)16-34-27-14-25-23-7-6-21(38-2)12-19(23)9-10-36(25)28(37)35-27/h3-8,11-14H,9-10,16H2,1-2H3,(H,34,35,37). The number of aromatic nitrogens is 2. The Balaban J connectivity index is 1.35. The number of hydrogen-bond acceptors (Lipinski definition) is 6. The van der Waals surface area contributed by atoms with Crippen LogP contribution in [-0.2, 0) is 25.7 Å². The molecule has 0 radical (unpaired) electrons. The molecule has 0 amide bonds. The van der Waals surface area contributed by atoms with Gasteiger partial charge in [0.15, 0.2) is 0 Å². The highest BCUT2D eigenvalue weighted by atomic mass is 19.4. The molecule has 1 aliphatic heterocycles. The fraction of sp³-hybridized carbons (Fsp3) is 0.207. The molecule has 0 aliphatic carbocycles. The van der Waals surface area contributed by atoms with E-state index >= 15 is 0 Å². The molecule has 3 aromatic carbocycles. The highest BCUT2D eigenvalue weighted by Crippen LogP contribution is 2.36. The number of nitriles is 1. The number of nitrogens with zero attached hydrogens (tertiary/aromatic N) is 3. The summed E-state index contributed by atoms with van der Waals surface area (Å²) in [5.41, 5.74) is 2.53. The molecular weight excluding hydrogens is 509 g/mol. The van der Waals surface area contributed by atoms with Gasteiger partial charge in [-0.15, -0.1) is 0 Å². The van der Waals surface area contributed by atoms with Crippen molar-refractivity contribution in [3.8, 4) is 34.6 Å². The zero-order valence-electron chi connectivity index (χ0n) is 21.1. The Morgan fingerprint density at radius 3 is 2.62 bits per heavy atom. The zero-order valence-corrected chi connectivity index (χ0v) is 21.1. The minimum Gasteiger partial charge on any atom is -0.497 e. The van der Waals surface area contributed by atoms with E-state index in [0.717, 1.165) is 28.6 Å². The Kier molecular flexibility index (Phi) is 6.74. The van der Waals surface area contributed by atoms with Gasteiger partial charge in [0.2, 0.25) is 0 Å². The molecule has 10 heteroatoms. The third-order valence-electron chi connectivity index (χ3n) is 6.58. The average molecular weight is 533 g/mol. The Morgan fingerprint density at radius 2 is 1.87 bits per heavy atom. The monoisotopic (exact) mass is 532 g/mol. The normalized spacial score (nSPS) is 12.2. The molecular formula is C29H23F3N4O3. The molecule has 0 saturated carbocycles. The van der Waals surface area contributed by atoms with Gasteiger partial charge in [-0.3, -0.25) is 4.57 Å². The highest BCUT2D eigenvalue weighted by molar-refractivity contribution is 5.69. The van der Waals surface area contributed by atoms with E-state index in [9.17, 15) is 23.2 Å². The number of methoxy groups -OCH3 is 1. The summed E-state index contributed by atoms with van der Waals surface area (Å²) in [6.07, 6.45) is -3.82.